The Morgan fingerprint density at radius 1 is 1.45 bits per heavy atom. The Labute approximate surface area is 68.8 Å². The van der Waals surface area contributed by atoms with Crippen LogP contribution in [0.5, 0.6) is 0 Å². The molecular formula is C8H5ClO2. The second-order valence-electron chi connectivity index (χ2n) is 1.99. The number of halogens is 1. The normalized spacial score (nSPS) is 9.18. The second kappa shape index (κ2) is 3.30. The molecule has 3 heteroatoms. The van der Waals surface area contributed by atoms with E-state index in [2.05, 4.69) is 0 Å². The number of carbonyl (C=O) groups is 2. The third-order valence-electron chi connectivity index (χ3n) is 1.22. The molecule has 0 saturated carbocycles. The zero-order valence-corrected chi connectivity index (χ0v) is 6.34. The Hall–Kier alpha value is -1.15. The van der Waals surface area contributed by atoms with Crippen molar-refractivity contribution < 1.29 is 9.59 Å². The molecule has 0 atom stereocenters. The first-order valence-electron chi connectivity index (χ1n) is 2.99. The number of Topliss-reactive ketones (excluding diaryl/α,β-unsaturated/α-hetero) is 1. The van der Waals surface area contributed by atoms with Crippen LogP contribution in [0.25, 0.3) is 0 Å². The van der Waals surface area contributed by atoms with Crippen molar-refractivity contribution in [1.29, 1.82) is 0 Å². The summed E-state index contributed by atoms with van der Waals surface area (Å²) in [5.74, 6) is -0.549. The molecule has 0 N–H and O–H groups in total. The molecule has 0 heterocycles. The van der Waals surface area contributed by atoms with Gasteiger partial charge in [-0.05, 0) is 12.1 Å². The van der Waals surface area contributed by atoms with Gasteiger partial charge in [-0.15, -0.1) is 0 Å². The number of carbonyl (C=O) groups excluding carboxylic acids is 2. The van der Waals surface area contributed by atoms with E-state index in [1.54, 1.807) is 18.2 Å². The molecule has 0 saturated heterocycles. The highest BCUT2D eigenvalue weighted by atomic mass is 35.5. The molecular weight excluding hydrogens is 164 g/mol. The van der Waals surface area contributed by atoms with Gasteiger partial charge in [-0.25, -0.2) is 0 Å². The van der Waals surface area contributed by atoms with Crippen molar-refractivity contribution in [2.24, 2.45) is 0 Å². The molecule has 56 valence electrons. The molecule has 0 aliphatic carbocycles. The van der Waals surface area contributed by atoms with Crippen LogP contribution in [0.15, 0.2) is 24.3 Å². The zero-order valence-electron chi connectivity index (χ0n) is 5.58. The molecule has 11 heavy (non-hydrogen) atoms. The Morgan fingerprint density at radius 3 is 2.73 bits per heavy atom. The Bertz CT molecular complexity index is 294. The minimum Gasteiger partial charge on any atom is -0.294 e. The molecule has 0 fully saturated rings. The van der Waals surface area contributed by atoms with E-state index in [0.717, 1.165) is 0 Å². The molecule has 0 aromatic heterocycles. The van der Waals surface area contributed by atoms with Crippen LogP contribution < -0.4 is 0 Å². The third-order valence-corrected chi connectivity index (χ3v) is 1.45. The summed E-state index contributed by atoms with van der Waals surface area (Å²) in [7, 11) is 0. The molecule has 1 aromatic rings. The van der Waals surface area contributed by atoms with Gasteiger partial charge in [0.05, 0.1) is 0 Å². The third kappa shape index (κ3) is 1.88. The SMILES string of the molecule is O=CC(=O)c1cccc(Cl)c1. The smallest absolute Gasteiger partial charge is 0.225 e. The van der Waals surface area contributed by atoms with Gasteiger partial charge in [0, 0.05) is 10.6 Å². The summed E-state index contributed by atoms with van der Waals surface area (Å²) in [5, 5.41) is 0.456. The fraction of sp³-hybridized carbons (Fsp3) is 0. The molecule has 0 aliphatic heterocycles. The standard InChI is InChI=1S/C8H5ClO2/c9-7-3-1-2-6(4-7)8(11)5-10/h1-5H. The van der Waals surface area contributed by atoms with Crippen molar-refractivity contribution in [1.82, 2.24) is 0 Å². The lowest BCUT2D eigenvalue weighted by molar-refractivity contribution is -0.104. The minimum atomic E-state index is -0.549. The highest BCUT2D eigenvalue weighted by Gasteiger charge is 2.02. The summed E-state index contributed by atoms with van der Waals surface area (Å²) in [6.45, 7) is 0. The van der Waals surface area contributed by atoms with E-state index in [1.165, 1.54) is 6.07 Å². The highest BCUT2D eigenvalue weighted by Crippen LogP contribution is 2.10. The van der Waals surface area contributed by atoms with Crippen LogP contribution in [0.3, 0.4) is 0 Å². The maximum absolute atomic E-state index is 10.7. The molecule has 0 aliphatic rings. The Kier molecular flexibility index (Phi) is 2.39. The van der Waals surface area contributed by atoms with Gasteiger partial charge in [-0.2, -0.15) is 0 Å². The van der Waals surface area contributed by atoms with E-state index in [4.69, 9.17) is 11.6 Å². The zero-order chi connectivity index (χ0) is 8.27. The van der Waals surface area contributed by atoms with Crippen LogP contribution in [0.1, 0.15) is 10.4 Å². The van der Waals surface area contributed by atoms with Crippen molar-refractivity contribution in [3.8, 4) is 0 Å². The lowest BCUT2D eigenvalue weighted by atomic mass is 10.1. The molecule has 0 unspecified atom stereocenters. The number of hydrogen-bond acceptors (Lipinski definition) is 2. The summed E-state index contributed by atoms with van der Waals surface area (Å²) in [5.41, 5.74) is 0.326. The average Bonchev–Trinajstić information content (AvgIpc) is 2.03. The first-order chi connectivity index (χ1) is 5.24. The fourth-order valence-electron chi connectivity index (χ4n) is 0.710. The molecule has 1 rings (SSSR count). The lowest BCUT2D eigenvalue weighted by Crippen LogP contribution is -1.98. The first kappa shape index (κ1) is 7.95. The molecule has 1 aromatic carbocycles. The van der Waals surface area contributed by atoms with Gasteiger partial charge in [0.25, 0.3) is 0 Å². The monoisotopic (exact) mass is 168 g/mol. The minimum absolute atomic E-state index is 0.270. The summed E-state index contributed by atoms with van der Waals surface area (Å²) in [4.78, 5) is 20.8. The van der Waals surface area contributed by atoms with Gasteiger partial charge >= 0.3 is 0 Å². The van der Waals surface area contributed by atoms with E-state index < -0.39 is 5.78 Å². The van der Waals surface area contributed by atoms with Gasteiger partial charge in [-0.1, -0.05) is 23.7 Å². The molecule has 0 spiro atoms. The fourth-order valence-corrected chi connectivity index (χ4v) is 0.900. The summed E-state index contributed by atoms with van der Waals surface area (Å²) in [6.07, 6.45) is 0.270. The number of benzene rings is 1. The number of rotatable bonds is 2. The summed E-state index contributed by atoms with van der Waals surface area (Å²) in [6, 6.07) is 6.27. The van der Waals surface area contributed by atoms with E-state index >= 15 is 0 Å². The Balaban J connectivity index is 3.05. The van der Waals surface area contributed by atoms with Crippen molar-refractivity contribution in [2.45, 2.75) is 0 Å². The topological polar surface area (TPSA) is 34.1 Å². The van der Waals surface area contributed by atoms with Gasteiger partial charge in [0.1, 0.15) is 0 Å². The maximum atomic E-state index is 10.7. The van der Waals surface area contributed by atoms with Crippen LogP contribution in [-0.2, 0) is 4.79 Å². The van der Waals surface area contributed by atoms with Crippen LogP contribution in [0.2, 0.25) is 5.02 Å². The molecule has 0 bridgehead atoms. The van der Waals surface area contributed by atoms with Crippen LogP contribution in [0.4, 0.5) is 0 Å². The molecule has 2 nitrogen and oxygen atoms in total. The lowest BCUT2D eigenvalue weighted by Gasteiger charge is -1.92. The van der Waals surface area contributed by atoms with Gasteiger partial charge in [0.2, 0.25) is 5.78 Å². The van der Waals surface area contributed by atoms with E-state index in [1.807, 2.05) is 0 Å². The van der Waals surface area contributed by atoms with E-state index in [9.17, 15) is 9.59 Å². The quantitative estimate of drug-likeness (QED) is 0.383. The van der Waals surface area contributed by atoms with Crippen molar-refractivity contribution in [3.63, 3.8) is 0 Å². The summed E-state index contributed by atoms with van der Waals surface area (Å²) < 4.78 is 0. The number of hydrogen-bond donors (Lipinski definition) is 0. The summed E-state index contributed by atoms with van der Waals surface area (Å²) >= 11 is 5.58. The van der Waals surface area contributed by atoms with Crippen LogP contribution >= 0.6 is 11.6 Å². The van der Waals surface area contributed by atoms with E-state index in [0.29, 0.717) is 10.6 Å². The number of ketones is 1. The van der Waals surface area contributed by atoms with Gasteiger partial charge in [-0.3, -0.25) is 9.59 Å². The maximum Gasteiger partial charge on any atom is 0.225 e. The van der Waals surface area contributed by atoms with Crippen LogP contribution in [0, 0.1) is 0 Å². The highest BCUT2D eigenvalue weighted by molar-refractivity contribution is 6.35. The van der Waals surface area contributed by atoms with Gasteiger partial charge < -0.3 is 0 Å². The van der Waals surface area contributed by atoms with E-state index in [-0.39, 0.29) is 6.29 Å². The number of aldehydes is 1. The molecule has 0 radical (unpaired) electrons. The average molecular weight is 169 g/mol. The van der Waals surface area contributed by atoms with Crippen LogP contribution in [-0.4, -0.2) is 12.1 Å². The van der Waals surface area contributed by atoms with Crippen molar-refractivity contribution in [3.05, 3.63) is 34.9 Å². The van der Waals surface area contributed by atoms with Crippen molar-refractivity contribution >= 4 is 23.7 Å². The Morgan fingerprint density at radius 2 is 2.18 bits per heavy atom. The van der Waals surface area contributed by atoms with Gasteiger partial charge in [0.15, 0.2) is 6.29 Å². The predicted octanol–water partition coefficient (Wildman–Crippen LogP) is 1.72. The first-order valence-corrected chi connectivity index (χ1v) is 3.37. The largest absolute Gasteiger partial charge is 0.294 e. The predicted molar refractivity (Wildman–Crippen MR) is 41.8 cm³/mol. The van der Waals surface area contributed by atoms with Crippen molar-refractivity contribution in [2.75, 3.05) is 0 Å². The molecule has 0 amide bonds. The second-order valence-corrected chi connectivity index (χ2v) is 2.43.